The van der Waals surface area contributed by atoms with Crippen LogP contribution in [-0.4, -0.2) is 50.7 Å². The maximum Gasteiger partial charge on any atom is 0.326 e. The molecule has 0 aromatic carbocycles. The van der Waals surface area contributed by atoms with Crippen molar-refractivity contribution in [3.05, 3.63) is 28.5 Å². The van der Waals surface area contributed by atoms with Crippen LogP contribution >= 0.6 is 15.9 Å². The summed E-state index contributed by atoms with van der Waals surface area (Å²) in [6, 6.07) is 2.06. The fourth-order valence-corrected chi connectivity index (χ4v) is 2.34. The Bertz CT molecular complexity index is 494. The highest BCUT2D eigenvalue weighted by Gasteiger charge is 2.39. The number of aliphatic hydroxyl groups is 1. The number of carbonyl (C=O) groups is 2. The third-order valence-corrected chi connectivity index (χ3v) is 3.23. The first-order valence-electron chi connectivity index (χ1n) is 5.32. The summed E-state index contributed by atoms with van der Waals surface area (Å²) in [6.45, 7) is 0.0374. The lowest BCUT2D eigenvalue weighted by Crippen LogP contribution is -2.40. The van der Waals surface area contributed by atoms with Gasteiger partial charge in [0, 0.05) is 24.7 Å². The van der Waals surface area contributed by atoms with E-state index in [1.165, 1.54) is 23.2 Å². The molecule has 7 heteroatoms. The monoisotopic (exact) mass is 314 g/mol. The first-order chi connectivity index (χ1) is 8.49. The van der Waals surface area contributed by atoms with E-state index in [2.05, 4.69) is 20.9 Å². The first-order valence-corrected chi connectivity index (χ1v) is 6.11. The summed E-state index contributed by atoms with van der Waals surface area (Å²) < 4.78 is 0.500. The van der Waals surface area contributed by atoms with Crippen LogP contribution in [0, 0.1) is 0 Å². The minimum absolute atomic E-state index is 0.0374. The van der Waals surface area contributed by atoms with E-state index in [1.807, 2.05) is 0 Å². The molecule has 0 spiro atoms. The fourth-order valence-electron chi connectivity index (χ4n) is 1.97. The maximum absolute atomic E-state index is 12.2. The van der Waals surface area contributed by atoms with Crippen LogP contribution in [0.15, 0.2) is 22.9 Å². The second-order valence-electron chi connectivity index (χ2n) is 4.07. The summed E-state index contributed by atoms with van der Waals surface area (Å²) in [5.41, 5.74) is 0.345. The number of aliphatic hydroxyl groups excluding tert-OH is 1. The molecule has 6 nitrogen and oxygen atoms in total. The predicted octanol–water partition coefficient (Wildman–Crippen LogP) is 0.504. The molecule has 2 N–H and O–H groups in total. The number of hydrogen-bond acceptors (Lipinski definition) is 4. The number of halogens is 1. The average molecular weight is 315 g/mol. The Morgan fingerprint density at radius 3 is 2.83 bits per heavy atom. The molecule has 18 heavy (non-hydrogen) atoms. The largest absolute Gasteiger partial charge is 0.480 e. The number of carboxylic acids is 1. The van der Waals surface area contributed by atoms with Gasteiger partial charge in [0.2, 0.25) is 0 Å². The second kappa shape index (κ2) is 5.03. The molecule has 1 amide bonds. The van der Waals surface area contributed by atoms with Crippen molar-refractivity contribution in [3.8, 4) is 0 Å². The lowest BCUT2D eigenvalue weighted by molar-refractivity contribution is -0.141. The Balaban J connectivity index is 2.25. The highest BCUT2D eigenvalue weighted by atomic mass is 79.9. The summed E-state index contributed by atoms with van der Waals surface area (Å²) in [5.74, 6) is -1.52. The summed E-state index contributed by atoms with van der Waals surface area (Å²) in [4.78, 5) is 28.3. The molecule has 1 saturated heterocycles. The van der Waals surface area contributed by atoms with Crippen molar-refractivity contribution in [2.75, 3.05) is 6.54 Å². The number of aromatic nitrogens is 1. The van der Waals surface area contributed by atoms with E-state index in [0.717, 1.165) is 0 Å². The van der Waals surface area contributed by atoms with E-state index >= 15 is 0 Å². The number of carboxylic acid groups (broad SMARTS) is 1. The van der Waals surface area contributed by atoms with Crippen molar-refractivity contribution in [1.82, 2.24) is 9.88 Å². The molecule has 1 fully saturated rings. The second-order valence-corrected chi connectivity index (χ2v) is 4.88. The van der Waals surface area contributed by atoms with Gasteiger partial charge in [0.05, 0.1) is 6.10 Å². The zero-order chi connectivity index (χ0) is 13.3. The zero-order valence-electron chi connectivity index (χ0n) is 9.28. The van der Waals surface area contributed by atoms with Crippen molar-refractivity contribution in [1.29, 1.82) is 0 Å². The van der Waals surface area contributed by atoms with Crippen LogP contribution in [0.25, 0.3) is 0 Å². The Kier molecular flexibility index (Phi) is 3.63. The molecule has 2 atom stereocenters. The minimum Gasteiger partial charge on any atom is -0.480 e. The van der Waals surface area contributed by atoms with Gasteiger partial charge < -0.3 is 15.1 Å². The third-order valence-electron chi connectivity index (χ3n) is 2.80. The van der Waals surface area contributed by atoms with Gasteiger partial charge in [0.25, 0.3) is 5.91 Å². The summed E-state index contributed by atoms with van der Waals surface area (Å²) in [6.07, 6.45) is 0.729. The molecule has 0 bridgehead atoms. The van der Waals surface area contributed by atoms with Gasteiger partial charge in [-0.15, -0.1) is 0 Å². The van der Waals surface area contributed by atoms with Crippen LogP contribution in [0.2, 0.25) is 0 Å². The molecule has 2 rings (SSSR count). The first kappa shape index (κ1) is 13.0. The van der Waals surface area contributed by atoms with Gasteiger partial charge in [-0.25, -0.2) is 9.78 Å². The van der Waals surface area contributed by atoms with E-state index in [4.69, 9.17) is 5.11 Å². The molecular weight excluding hydrogens is 304 g/mol. The van der Waals surface area contributed by atoms with E-state index in [1.54, 1.807) is 0 Å². The topological polar surface area (TPSA) is 90.7 Å². The van der Waals surface area contributed by atoms with Crippen molar-refractivity contribution in [2.24, 2.45) is 0 Å². The normalized spacial score (nSPS) is 23.1. The highest BCUT2D eigenvalue weighted by molar-refractivity contribution is 9.10. The summed E-state index contributed by atoms with van der Waals surface area (Å²) in [5, 5.41) is 18.5. The summed E-state index contributed by atoms with van der Waals surface area (Å²) in [7, 11) is 0. The molecule has 2 heterocycles. The molecule has 0 radical (unpaired) electrons. The van der Waals surface area contributed by atoms with E-state index in [0.29, 0.717) is 10.2 Å². The number of aliphatic carboxylic acids is 1. The van der Waals surface area contributed by atoms with E-state index in [9.17, 15) is 14.7 Å². The van der Waals surface area contributed by atoms with E-state index in [-0.39, 0.29) is 13.0 Å². The van der Waals surface area contributed by atoms with Crippen LogP contribution in [0.3, 0.4) is 0 Å². The lowest BCUT2D eigenvalue weighted by Gasteiger charge is -2.21. The zero-order valence-corrected chi connectivity index (χ0v) is 10.9. The highest BCUT2D eigenvalue weighted by Crippen LogP contribution is 2.21. The number of rotatable bonds is 2. The Hall–Kier alpha value is -1.47. The molecular formula is C11H11BrN2O4. The lowest BCUT2D eigenvalue weighted by atomic mass is 10.2. The van der Waals surface area contributed by atoms with Gasteiger partial charge in [-0.05, 0) is 28.1 Å². The minimum atomic E-state index is -1.10. The van der Waals surface area contributed by atoms with Crippen molar-refractivity contribution in [3.63, 3.8) is 0 Å². The van der Waals surface area contributed by atoms with Crippen molar-refractivity contribution < 1.29 is 19.8 Å². The molecule has 0 saturated carbocycles. The fraction of sp³-hybridized carbons (Fsp3) is 0.364. The molecule has 96 valence electrons. The molecule has 0 aliphatic carbocycles. The third kappa shape index (κ3) is 2.51. The van der Waals surface area contributed by atoms with Gasteiger partial charge in [-0.3, -0.25) is 4.79 Å². The summed E-state index contributed by atoms with van der Waals surface area (Å²) >= 11 is 3.15. The molecule has 1 aliphatic rings. The molecule has 0 unspecified atom stereocenters. The van der Waals surface area contributed by atoms with Gasteiger partial charge >= 0.3 is 5.97 Å². The van der Waals surface area contributed by atoms with Crippen LogP contribution in [0.4, 0.5) is 0 Å². The molecule has 1 aromatic heterocycles. The number of nitrogens with zero attached hydrogens (tertiary/aromatic N) is 2. The van der Waals surface area contributed by atoms with Crippen molar-refractivity contribution >= 4 is 27.8 Å². The van der Waals surface area contributed by atoms with Crippen LogP contribution in [-0.2, 0) is 4.79 Å². The van der Waals surface area contributed by atoms with Gasteiger partial charge in [-0.1, -0.05) is 0 Å². The van der Waals surface area contributed by atoms with E-state index < -0.39 is 24.0 Å². The van der Waals surface area contributed by atoms with Gasteiger partial charge in [0.1, 0.15) is 10.6 Å². The quantitative estimate of drug-likeness (QED) is 0.776. The molecule has 1 aliphatic heterocycles. The number of hydrogen-bond donors (Lipinski definition) is 2. The van der Waals surface area contributed by atoms with Gasteiger partial charge in [-0.2, -0.15) is 0 Å². The smallest absolute Gasteiger partial charge is 0.326 e. The van der Waals surface area contributed by atoms with Crippen LogP contribution in [0.5, 0.6) is 0 Å². The number of likely N-dealkylation sites (tertiary alicyclic amines) is 1. The average Bonchev–Trinajstić information content (AvgIpc) is 2.70. The Morgan fingerprint density at radius 1 is 1.50 bits per heavy atom. The van der Waals surface area contributed by atoms with Gasteiger partial charge in [0.15, 0.2) is 0 Å². The number of carbonyl (C=O) groups excluding carboxylic acids is 1. The SMILES string of the molecule is O=C(O)[C@H]1C[C@@H](O)CN1C(=O)c1ccnc(Br)c1. The number of β-amino-alcohol motifs (C(OH)–C–C–N with tert-alkyl or cyclic N) is 1. The standard InChI is InChI=1S/C11H11BrN2O4/c12-9-3-6(1-2-13-9)10(16)14-5-7(15)4-8(14)11(17)18/h1-3,7-8,15H,4-5H2,(H,17,18)/t7-,8-/m1/s1. The van der Waals surface area contributed by atoms with Crippen LogP contribution in [0.1, 0.15) is 16.8 Å². The van der Waals surface area contributed by atoms with Crippen LogP contribution < -0.4 is 0 Å². The molecule has 1 aromatic rings. The van der Waals surface area contributed by atoms with Crippen molar-refractivity contribution in [2.45, 2.75) is 18.6 Å². The number of amides is 1. The Morgan fingerprint density at radius 2 is 2.22 bits per heavy atom. The number of pyridine rings is 1. The Labute approximate surface area is 111 Å². The maximum atomic E-state index is 12.2. The predicted molar refractivity (Wildman–Crippen MR) is 65.0 cm³/mol.